The first kappa shape index (κ1) is 13.2. The highest BCUT2D eigenvalue weighted by Gasteiger charge is 2.41. The topological polar surface area (TPSA) is 41.1 Å². The van der Waals surface area contributed by atoms with E-state index in [0.29, 0.717) is 0 Å². The monoisotopic (exact) mass is 284 g/mol. The van der Waals surface area contributed by atoms with Gasteiger partial charge in [0.25, 0.3) is 5.91 Å². The van der Waals surface area contributed by atoms with Crippen molar-refractivity contribution in [2.45, 2.75) is 38.5 Å². The number of nitrogens with one attached hydrogen (secondary N) is 2. The minimum absolute atomic E-state index is 0.106. The molecule has 0 bridgehead atoms. The number of anilines is 1. The number of fused-ring (bicyclic) bond motifs is 1. The van der Waals surface area contributed by atoms with E-state index < -0.39 is 0 Å². The van der Waals surface area contributed by atoms with E-state index in [1.54, 1.807) is 0 Å². The normalized spacial score (nSPS) is 20.8. The van der Waals surface area contributed by atoms with Crippen molar-refractivity contribution in [2.75, 3.05) is 18.4 Å². The van der Waals surface area contributed by atoms with E-state index in [0.717, 1.165) is 49.2 Å². The maximum atomic E-state index is 12.4. The summed E-state index contributed by atoms with van der Waals surface area (Å²) in [5, 5.41) is 6.58. The molecule has 2 aliphatic carbocycles. The molecule has 21 heavy (non-hydrogen) atoms. The molecule has 0 unspecified atom stereocenters. The molecule has 2 saturated carbocycles. The Morgan fingerprint density at radius 1 is 1.24 bits per heavy atom. The number of carbonyl (C=O) groups is 1. The molecule has 0 atom stereocenters. The van der Waals surface area contributed by atoms with Crippen LogP contribution in [0, 0.1) is 17.8 Å². The number of amides is 1. The third-order valence-corrected chi connectivity index (χ3v) is 5.26. The van der Waals surface area contributed by atoms with Crippen LogP contribution in [0.4, 0.5) is 5.69 Å². The quantitative estimate of drug-likeness (QED) is 0.871. The maximum absolute atomic E-state index is 12.4. The number of rotatable bonds is 5. The van der Waals surface area contributed by atoms with E-state index in [9.17, 15) is 4.79 Å². The van der Waals surface area contributed by atoms with E-state index in [1.807, 2.05) is 6.07 Å². The van der Waals surface area contributed by atoms with Crippen LogP contribution >= 0.6 is 0 Å². The molecular weight excluding hydrogens is 260 g/mol. The second-order valence-corrected chi connectivity index (χ2v) is 6.95. The van der Waals surface area contributed by atoms with E-state index in [-0.39, 0.29) is 5.91 Å². The van der Waals surface area contributed by atoms with Crippen LogP contribution in [0.5, 0.6) is 0 Å². The average Bonchev–Trinajstić information content (AvgIpc) is 3.39. The fourth-order valence-corrected chi connectivity index (χ4v) is 3.70. The summed E-state index contributed by atoms with van der Waals surface area (Å²) in [5.41, 5.74) is 3.31. The Morgan fingerprint density at radius 2 is 2.00 bits per heavy atom. The molecule has 2 N–H and O–H groups in total. The fourth-order valence-electron chi connectivity index (χ4n) is 3.70. The summed E-state index contributed by atoms with van der Waals surface area (Å²) in [6, 6.07) is 6.08. The SMILES string of the molecule is O=C(NCC(C1CC1)C1CC1)c1ccc2c(c1)CCCN2. The van der Waals surface area contributed by atoms with Gasteiger partial charge in [0.1, 0.15) is 0 Å². The van der Waals surface area contributed by atoms with Gasteiger partial charge in [-0.05, 0) is 80.0 Å². The van der Waals surface area contributed by atoms with Crippen molar-refractivity contribution >= 4 is 11.6 Å². The Bertz CT molecular complexity index is 534. The van der Waals surface area contributed by atoms with E-state index in [1.165, 1.54) is 36.9 Å². The van der Waals surface area contributed by atoms with Gasteiger partial charge >= 0.3 is 0 Å². The first-order valence-electron chi connectivity index (χ1n) is 8.46. The van der Waals surface area contributed by atoms with Crippen molar-refractivity contribution < 1.29 is 4.79 Å². The van der Waals surface area contributed by atoms with Gasteiger partial charge in [-0.3, -0.25) is 4.79 Å². The number of hydrogen-bond acceptors (Lipinski definition) is 2. The second-order valence-electron chi connectivity index (χ2n) is 6.95. The summed E-state index contributed by atoms with van der Waals surface area (Å²) in [4.78, 5) is 12.4. The van der Waals surface area contributed by atoms with Crippen molar-refractivity contribution in [3.8, 4) is 0 Å². The zero-order valence-electron chi connectivity index (χ0n) is 12.5. The zero-order chi connectivity index (χ0) is 14.2. The zero-order valence-corrected chi connectivity index (χ0v) is 12.5. The molecule has 112 valence electrons. The van der Waals surface area contributed by atoms with Crippen LogP contribution in [0.25, 0.3) is 0 Å². The molecule has 4 rings (SSSR count). The molecule has 2 fully saturated rings. The average molecular weight is 284 g/mol. The molecule has 1 aromatic rings. The van der Waals surface area contributed by atoms with Crippen LogP contribution in [0.3, 0.4) is 0 Å². The van der Waals surface area contributed by atoms with Crippen LogP contribution in [0.1, 0.15) is 48.0 Å². The Morgan fingerprint density at radius 3 is 2.71 bits per heavy atom. The Balaban J connectivity index is 1.40. The first-order valence-corrected chi connectivity index (χ1v) is 8.46. The number of aryl methyl sites for hydroxylation is 1. The minimum atomic E-state index is 0.106. The van der Waals surface area contributed by atoms with Gasteiger partial charge in [0, 0.05) is 24.3 Å². The lowest BCUT2D eigenvalue weighted by atomic mass is 9.97. The molecule has 3 heteroatoms. The van der Waals surface area contributed by atoms with Gasteiger partial charge in [-0.2, -0.15) is 0 Å². The van der Waals surface area contributed by atoms with Gasteiger partial charge in [-0.15, -0.1) is 0 Å². The van der Waals surface area contributed by atoms with E-state index in [4.69, 9.17) is 0 Å². The van der Waals surface area contributed by atoms with Gasteiger partial charge in [0.15, 0.2) is 0 Å². The molecular formula is C18H24N2O. The predicted molar refractivity (Wildman–Crippen MR) is 84.5 cm³/mol. The molecule has 1 aliphatic heterocycles. The minimum Gasteiger partial charge on any atom is -0.385 e. The predicted octanol–water partition coefficient (Wildman–Crippen LogP) is 3.21. The Hall–Kier alpha value is -1.51. The molecule has 3 nitrogen and oxygen atoms in total. The Kier molecular flexibility index (Phi) is 3.36. The lowest BCUT2D eigenvalue weighted by molar-refractivity contribution is 0.0943. The summed E-state index contributed by atoms with van der Waals surface area (Å²) in [5.74, 6) is 2.64. The molecule has 1 aromatic carbocycles. The highest BCUT2D eigenvalue weighted by Crippen LogP contribution is 2.48. The number of benzene rings is 1. The summed E-state index contributed by atoms with van der Waals surface area (Å²) in [6.07, 6.45) is 7.74. The van der Waals surface area contributed by atoms with Gasteiger partial charge in [0.2, 0.25) is 0 Å². The van der Waals surface area contributed by atoms with Gasteiger partial charge < -0.3 is 10.6 Å². The maximum Gasteiger partial charge on any atom is 0.251 e. The lowest BCUT2D eigenvalue weighted by Gasteiger charge is -2.19. The van der Waals surface area contributed by atoms with Gasteiger partial charge in [0.05, 0.1) is 0 Å². The highest BCUT2D eigenvalue weighted by molar-refractivity contribution is 5.95. The van der Waals surface area contributed by atoms with Crippen molar-refractivity contribution in [2.24, 2.45) is 17.8 Å². The van der Waals surface area contributed by atoms with Gasteiger partial charge in [-0.25, -0.2) is 0 Å². The number of hydrogen-bond donors (Lipinski definition) is 2. The molecule has 3 aliphatic rings. The summed E-state index contributed by atoms with van der Waals surface area (Å²) >= 11 is 0. The summed E-state index contributed by atoms with van der Waals surface area (Å²) < 4.78 is 0. The van der Waals surface area contributed by atoms with Crippen molar-refractivity contribution in [1.29, 1.82) is 0 Å². The highest BCUT2D eigenvalue weighted by atomic mass is 16.1. The Labute approximate surface area is 126 Å². The molecule has 1 heterocycles. The molecule has 0 aromatic heterocycles. The molecule has 1 amide bonds. The van der Waals surface area contributed by atoms with Crippen LogP contribution in [-0.2, 0) is 6.42 Å². The third-order valence-electron chi connectivity index (χ3n) is 5.26. The van der Waals surface area contributed by atoms with Crippen LogP contribution in [-0.4, -0.2) is 19.0 Å². The van der Waals surface area contributed by atoms with Crippen LogP contribution in [0.15, 0.2) is 18.2 Å². The van der Waals surface area contributed by atoms with Crippen molar-refractivity contribution in [3.63, 3.8) is 0 Å². The molecule has 0 saturated heterocycles. The molecule has 0 radical (unpaired) electrons. The largest absolute Gasteiger partial charge is 0.385 e. The van der Waals surface area contributed by atoms with Crippen molar-refractivity contribution in [3.05, 3.63) is 29.3 Å². The number of carbonyl (C=O) groups excluding carboxylic acids is 1. The second kappa shape index (κ2) is 5.36. The summed E-state index contributed by atoms with van der Waals surface area (Å²) in [7, 11) is 0. The van der Waals surface area contributed by atoms with E-state index in [2.05, 4.69) is 22.8 Å². The van der Waals surface area contributed by atoms with Crippen molar-refractivity contribution in [1.82, 2.24) is 5.32 Å². The first-order chi connectivity index (χ1) is 10.3. The van der Waals surface area contributed by atoms with Gasteiger partial charge in [-0.1, -0.05) is 0 Å². The summed E-state index contributed by atoms with van der Waals surface area (Å²) in [6.45, 7) is 1.92. The lowest BCUT2D eigenvalue weighted by Crippen LogP contribution is -2.31. The molecule has 0 spiro atoms. The fraction of sp³-hybridized carbons (Fsp3) is 0.611. The third kappa shape index (κ3) is 2.92. The van der Waals surface area contributed by atoms with Crippen LogP contribution in [0.2, 0.25) is 0 Å². The van der Waals surface area contributed by atoms with Crippen LogP contribution < -0.4 is 10.6 Å². The van der Waals surface area contributed by atoms with E-state index >= 15 is 0 Å². The smallest absolute Gasteiger partial charge is 0.251 e. The standard InChI is InChI=1S/C18H24N2O/c21-18(20-11-16(12-3-4-12)13-5-6-13)15-7-8-17-14(10-15)2-1-9-19-17/h7-8,10,12-13,16,19H,1-6,9,11H2,(H,20,21).